The van der Waals surface area contributed by atoms with E-state index in [4.69, 9.17) is 5.73 Å². The molecule has 0 aromatic heterocycles. The summed E-state index contributed by atoms with van der Waals surface area (Å²) in [6.45, 7) is 0.355. The number of amides is 1. The van der Waals surface area contributed by atoms with Crippen molar-refractivity contribution in [2.45, 2.75) is 25.7 Å². The van der Waals surface area contributed by atoms with Gasteiger partial charge in [0.15, 0.2) is 0 Å². The fourth-order valence-electron chi connectivity index (χ4n) is 0.679. The summed E-state index contributed by atoms with van der Waals surface area (Å²) in [6.07, 6.45) is 3.25. The van der Waals surface area contributed by atoms with Crippen LogP contribution in [0.5, 0.6) is 0 Å². The third-order valence-corrected chi connectivity index (χ3v) is 1.21. The highest BCUT2D eigenvalue weighted by molar-refractivity contribution is 5.85. The van der Waals surface area contributed by atoms with Crippen LogP contribution in [0.3, 0.4) is 0 Å². The first kappa shape index (κ1) is 13.8. The van der Waals surface area contributed by atoms with Crippen LogP contribution >= 0.6 is 12.4 Å². The maximum atomic E-state index is 10.0. The van der Waals surface area contributed by atoms with E-state index in [1.807, 2.05) is 0 Å². The van der Waals surface area contributed by atoms with E-state index in [9.17, 15) is 9.59 Å². The molecule has 4 nitrogen and oxygen atoms in total. The third-order valence-electron chi connectivity index (χ3n) is 1.21. The molecule has 0 aromatic rings. The second-order valence-electron chi connectivity index (χ2n) is 2.18. The lowest BCUT2D eigenvalue weighted by molar-refractivity contribution is -0.107. The molecule has 0 radical (unpaired) electrons. The van der Waals surface area contributed by atoms with Gasteiger partial charge in [-0.3, -0.25) is 0 Å². The summed E-state index contributed by atoms with van der Waals surface area (Å²) in [5.74, 6) is 0. The van der Waals surface area contributed by atoms with Crippen LogP contribution in [0.4, 0.5) is 4.79 Å². The van der Waals surface area contributed by atoms with Crippen molar-refractivity contribution in [2.75, 3.05) is 6.61 Å². The van der Waals surface area contributed by atoms with Crippen LogP contribution in [0.1, 0.15) is 25.7 Å². The van der Waals surface area contributed by atoms with E-state index in [1.54, 1.807) is 0 Å². The first-order valence-electron chi connectivity index (χ1n) is 3.63. The predicted octanol–water partition coefficient (Wildman–Crippen LogP) is 1.26. The average Bonchev–Trinajstić information content (AvgIpc) is 1.96. The number of halogens is 1. The molecule has 0 heterocycles. The van der Waals surface area contributed by atoms with Gasteiger partial charge in [0.05, 0.1) is 6.61 Å². The zero-order chi connectivity index (χ0) is 8.53. The van der Waals surface area contributed by atoms with Gasteiger partial charge >= 0.3 is 6.09 Å². The first-order valence-corrected chi connectivity index (χ1v) is 3.63. The second-order valence-corrected chi connectivity index (χ2v) is 2.18. The van der Waals surface area contributed by atoms with Crippen molar-refractivity contribution in [3.05, 3.63) is 0 Å². The molecule has 1 amide bonds. The topological polar surface area (TPSA) is 69.4 Å². The highest BCUT2D eigenvalue weighted by Crippen LogP contribution is 1.97. The zero-order valence-corrected chi connectivity index (χ0v) is 7.64. The summed E-state index contributed by atoms with van der Waals surface area (Å²) in [4.78, 5) is 19.9. The second kappa shape index (κ2) is 10.2. The Bertz CT molecular complexity index is 130. The Kier molecular flexibility index (Phi) is 11.8. The minimum absolute atomic E-state index is 0. The molecule has 72 valence electrons. The Labute approximate surface area is 77.9 Å². The van der Waals surface area contributed by atoms with Gasteiger partial charge in [0.1, 0.15) is 6.29 Å². The van der Waals surface area contributed by atoms with Crippen LogP contribution in [0, 0.1) is 0 Å². The van der Waals surface area contributed by atoms with Gasteiger partial charge in [-0.05, 0) is 19.3 Å². The van der Waals surface area contributed by atoms with Gasteiger partial charge < -0.3 is 15.3 Å². The normalized spacial score (nSPS) is 8.33. The van der Waals surface area contributed by atoms with Gasteiger partial charge in [0.25, 0.3) is 0 Å². The van der Waals surface area contributed by atoms with E-state index >= 15 is 0 Å². The molecule has 0 atom stereocenters. The lowest BCUT2D eigenvalue weighted by Gasteiger charge is -1.98. The maximum Gasteiger partial charge on any atom is 0.404 e. The SMILES string of the molecule is Cl.NC(=O)OCCCCCC=O. The molecule has 0 aromatic carbocycles. The molecule has 0 saturated carbocycles. The Morgan fingerprint density at radius 1 is 1.33 bits per heavy atom. The van der Waals surface area contributed by atoms with E-state index < -0.39 is 6.09 Å². The Hall–Kier alpha value is -0.770. The number of hydrogen-bond donors (Lipinski definition) is 1. The molecule has 0 unspecified atom stereocenters. The van der Waals surface area contributed by atoms with E-state index in [0.717, 1.165) is 25.5 Å². The first-order chi connectivity index (χ1) is 5.27. The molecule has 0 aliphatic heterocycles. The fraction of sp³-hybridized carbons (Fsp3) is 0.714. The van der Waals surface area contributed by atoms with E-state index in [1.165, 1.54) is 0 Å². The molecule has 0 fully saturated rings. The van der Waals surface area contributed by atoms with Crippen LogP contribution in [-0.4, -0.2) is 19.0 Å². The smallest absolute Gasteiger partial charge is 0.404 e. The molecule has 0 rings (SSSR count). The maximum absolute atomic E-state index is 10.0. The zero-order valence-electron chi connectivity index (χ0n) is 6.82. The lowest BCUT2D eigenvalue weighted by Crippen LogP contribution is -2.13. The number of aldehydes is 1. The third kappa shape index (κ3) is 12.0. The van der Waals surface area contributed by atoms with Crippen molar-refractivity contribution in [1.29, 1.82) is 0 Å². The summed E-state index contributed by atoms with van der Waals surface area (Å²) in [5, 5.41) is 0. The summed E-state index contributed by atoms with van der Waals surface area (Å²) < 4.78 is 4.47. The molecule has 0 saturated heterocycles. The molecule has 0 bridgehead atoms. The van der Waals surface area contributed by atoms with Crippen molar-refractivity contribution in [3.8, 4) is 0 Å². The summed E-state index contributed by atoms with van der Waals surface area (Å²) in [5.41, 5.74) is 4.72. The molecule has 0 spiro atoms. The van der Waals surface area contributed by atoms with Crippen molar-refractivity contribution in [3.63, 3.8) is 0 Å². The molecule has 0 aliphatic carbocycles. The Morgan fingerprint density at radius 2 is 2.00 bits per heavy atom. The summed E-state index contributed by atoms with van der Waals surface area (Å²) in [6, 6.07) is 0. The minimum Gasteiger partial charge on any atom is -0.450 e. The number of carbonyl (C=O) groups is 2. The van der Waals surface area contributed by atoms with E-state index in [0.29, 0.717) is 13.0 Å². The summed E-state index contributed by atoms with van der Waals surface area (Å²) in [7, 11) is 0. The standard InChI is InChI=1S/C7H13NO3.ClH/c8-7(10)11-6-4-2-1-3-5-9;/h5H,1-4,6H2,(H2,8,10);1H. The number of nitrogens with two attached hydrogens (primary N) is 1. The van der Waals surface area contributed by atoms with Gasteiger partial charge in [-0.2, -0.15) is 0 Å². The number of unbranched alkanes of at least 4 members (excludes halogenated alkanes) is 3. The minimum atomic E-state index is -0.736. The largest absolute Gasteiger partial charge is 0.450 e. The molecule has 0 aliphatic rings. The fourth-order valence-corrected chi connectivity index (χ4v) is 0.679. The molecule has 12 heavy (non-hydrogen) atoms. The van der Waals surface area contributed by atoms with Gasteiger partial charge in [-0.25, -0.2) is 4.79 Å². The highest BCUT2D eigenvalue weighted by atomic mass is 35.5. The van der Waals surface area contributed by atoms with E-state index in [2.05, 4.69) is 4.74 Å². The molecular formula is C7H14ClNO3. The number of ether oxygens (including phenoxy) is 1. The van der Waals surface area contributed by atoms with Crippen molar-refractivity contribution in [2.24, 2.45) is 5.73 Å². The van der Waals surface area contributed by atoms with Crippen LogP contribution in [0.25, 0.3) is 0 Å². The number of hydrogen-bond acceptors (Lipinski definition) is 3. The van der Waals surface area contributed by atoms with Crippen LogP contribution in [0.15, 0.2) is 0 Å². The quantitative estimate of drug-likeness (QED) is 0.513. The number of rotatable bonds is 6. The van der Waals surface area contributed by atoms with Crippen molar-refractivity contribution >= 4 is 24.8 Å². The summed E-state index contributed by atoms with van der Waals surface area (Å²) >= 11 is 0. The van der Waals surface area contributed by atoms with Crippen LogP contribution in [-0.2, 0) is 9.53 Å². The number of primary amides is 1. The van der Waals surface area contributed by atoms with Crippen LogP contribution < -0.4 is 5.73 Å². The Morgan fingerprint density at radius 3 is 2.50 bits per heavy atom. The monoisotopic (exact) mass is 195 g/mol. The van der Waals surface area contributed by atoms with Gasteiger partial charge in [-0.15, -0.1) is 12.4 Å². The van der Waals surface area contributed by atoms with Gasteiger partial charge in [0, 0.05) is 6.42 Å². The lowest BCUT2D eigenvalue weighted by atomic mass is 10.2. The van der Waals surface area contributed by atoms with Crippen LogP contribution in [0.2, 0.25) is 0 Å². The molecule has 2 N–H and O–H groups in total. The molecule has 5 heteroatoms. The predicted molar refractivity (Wildman–Crippen MR) is 47.3 cm³/mol. The van der Waals surface area contributed by atoms with Gasteiger partial charge in [-0.1, -0.05) is 0 Å². The number of carbonyl (C=O) groups excluding carboxylic acids is 2. The molecular weight excluding hydrogens is 182 g/mol. The van der Waals surface area contributed by atoms with Crippen molar-refractivity contribution in [1.82, 2.24) is 0 Å². The van der Waals surface area contributed by atoms with Gasteiger partial charge in [0.2, 0.25) is 0 Å². The van der Waals surface area contributed by atoms with E-state index in [-0.39, 0.29) is 12.4 Å². The Balaban J connectivity index is 0. The highest BCUT2D eigenvalue weighted by Gasteiger charge is 1.92. The van der Waals surface area contributed by atoms with Crippen molar-refractivity contribution < 1.29 is 14.3 Å². The average molecular weight is 196 g/mol.